The van der Waals surface area contributed by atoms with E-state index in [1.165, 1.54) is 0 Å². The van der Waals surface area contributed by atoms with E-state index in [1.807, 2.05) is 0 Å². The first-order valence-corrected chi connectivity index (χ1v) is 5.41. The van der Waals surface area contributed by atoms with Gasteiger partial charge in [0.2, 0.25) is 0 Å². The summed E-state index contributed by atoms with van der Waals surface area (Å²) in [5.74, 6) is -5.98. The van der Waals surface area contributed by atoms with Crippen molar-refractivity contribution in [2.45, 2.75) is 18.4 Å². The van der Waals surface area contributed by atoms with E-state index in [4.69, 9.17) is 24.4 Å². The quantitative estimate of drug-likeness (QED) is 0.248. The average Bonchev–Trinajstić information content (AvgIpc) is 1.95. The fourth-order valence-corrected chi connectivity index (χ4v) is 0.684. The molecule has 0 amide bonds. The first kappa shape index (κ1) is 37.9. The number of phosphoric acid groups is 1. The van der Waals surface area contributed by atoms with Gasteiger partial charge < -0.3 is 61.1 Å². The molecule has 0 saturated heterocycles. The Morgan fingerprint density at radius 1 is 1.00 bits per heavy atom. The summed E-state index contributed by atoms with van der Waals surface area (Å²) in [5, 5.41) is 38.9. The van der Waals surface area contributed by atoms with Gasteiger partial charge in [-0.25, -0.2) is 0 Å². The van der Waals surface area contributed by atoms with E-state index in [2.05, 4.69) is 0 Å². The summed E-state index contributed by atoms with van der Waals surface area (Å²) in [6.07, 6.45) is -2.72. The zero-order valence-corrected chi connectivity index (χ0v) is 15.3. The van der Waals surface area contributed by atoms with Gasteiger partial charge in [0.25, 0.3) is 7.82 Å². The molecule has 22 heavy (non-hydrogen) atoms. The Hall–Kier alpha value is -0.0805. The molecule has 9 N–H and O–H groups in total. The maximum Gasteiger partial charge on any atom is 3.00 e. The van der Waals surface area contributed by atoms with Crippen LogP contribution >= 0.6 is 7.82 Å². The SMILES string of the molecule is O.O=C([O-])CC(O)(CC(=O)[O-])C(=O)[O-].O=P([O-])(O)O.[Fe+3].[NH4+].[Na]. The number of hydrogen-bond acceptors (Lipinski definition) is 9. The van der Waals surface area contributed by atoms with Gasteiger partial charge in [0.15, 0.2) is 0 Å². The molecule has 0 spiro atoms. The fraction of sp³-hybridized carbons (Fsp3) is 0.500. The van der Waals surface area contributed by atoms with E-state index in [0.29, 0.717) is 0 Å². The van der Waals surface area contributed by atoms with Crippen molar-refractivity contribution in [1.29, 1.82) is 0 Å². The fourth-order valence-electron chi connectivity index (χ4n) is 0.684. The van der Waals surface area contributed by atoms with Crippen LogP contribution in [-0.2, 0) is 36.0 Å². The monoisotopic (exact) mass is 401 g/mol. The minimum absolute atomic E-state index is 0. The van der Waals surface area contributed by atoms with Crippen LogP contribution in [0.4, 0.5) is 0 Å². The largest absolute Gasteiger partial charge is 3.00 e. The first-order chi connectivity index (χ1) is 7.78. The van der Waals surface area contributed by atoms with Gasteiger partial charge in [-0.1, -0.05) is 0 Å². The van der Waals surface area contributed by atoms with Gasteiger partial charge in [-0.05, 0) is 0 Å². The molecule has 16 heteroatoms. The second kappa shape index (κ2) is 15.8. The molecule has 13 nitrogen and oxygen atoms in total. The van der Waals surface area contributed by atoms with Gasteiger partial charge in [-0.15, -0.1) is 0 Å². The third-order valence-corrected chi connectivity index (χ3v) is 1.25. The van der Waals surface area contributed by atoms with Crippen molar-refractivity contribution in [2.24, 2.45) is 0 Å². The van der Waals surface area contributed by atoms with Gasteiger partial charge in [0.05, 0.1) is 5.97 Å². The molecule has 0 aromatic heterocycles. The molecular formula is C6H13FeNNaO12P. The van der Waals surface area contributed by atoms with Crippen LogP contribution in [0.2, 0.25) is 0 Å². The van der Waals surface area contributed by atoms with Crippen LogP contribution in [0.5, 0.6) is 0 Å². The normalized spacial score (nSPS) is 9.09. The van der Waals surface area contributed by atoms with Crippen molar-refractivity contribution >= 4 is 55.3 Å². The maximum atomic E-state index is 10.1. The molecule has 2 radical (unpaired) electrons. The van der Waals surface area contributed by atoms with Gasteiger partial charge in [-0.3, -0.25) is 4.57 Å². The summed E-state index contributed by atoms with van der Waals surface area (Å²) in [6.45, 7) is 0. The van der Waals surface area contributed by atoms with E-state index in [0.717, 1.165) is 0 Å². The smallest absolute Gasteiger partial charge is 0.756 e. The molecule has 0 atom stereocenters. The van der Waals surface area contributed by atoms with Crippen molar-refractivity contribution < 1.29 is 76.6 Å². The molecule has 0 aliphatic carbocycles. The molecule has 0 unspecified atom stereocenters. The summed E-state index contributed by atoms with van der Waals surface area (Å²) in [4.78, 5) is 52.9. The zero-order valence-electron chi connectivity index (χ0n) is 11.3. The summed E-state index contributed by atoms with van der Waals surface area (Å²) in [5.41, 5.74) is -2.97. The molecule has 0 saturated carbocycles. The van der Waals surface area contributed by atoms with E-state index in [1.54, 1.807) is 0 Å². The molecule has 0 bridgehead atoms. The molecule has 0 aliphatic heterocycles. The third-order valence-electron chi connectivity index (χ3n) is 1.25. The third kappa shape index (κ3) is 28.1. The van der Waals surface area contributed by atoms with Crippen LogP contribution in [0, 0.1) is 0 Å². The second-order valence-corrected chi connectivity index (χ2v) is 3.89. The number of quaternary nitrogens is 1. The summed E-state index contributed by atoms with van der Waals surface area (Å²) >= 11 is 0. The zero-order chi connectivity index (χ0) is 15.1. The van der Waals surface area contributed by atoms with Gasteiger partial charge in [0.1, 0.15) is 5.60 Å². The van der Waals surface area contributed by atoms with E-state index < -0.39 is 44.2 Å². The van der Waals surface area contributed by atoms with Crippen LogP contribution in [0.25, 0.3) is 0 Å². The van der Waals surface area contributed by atoms with E-state index >= 15 is 0 Å². The van der Waals surface area contributed by atoms with E-state index in [-0.39, 0.29) is 58.3 Å². The van der Waals surface area contributed by atoms with Crippen molar-refractivity contribution in [3.63, 3.8) is 0 Å². The van der Waals surface area contributed by atoms with Crippen molar-refractivity contribution in [3.8, 4) is 0 Å². The predicted molar refractivity (Wildman–Crippen MR) is 56.6 cm³/mol. The number of carbonyl (C=O) groups is 3. The number of carboxylic acid groups (broad SMARTS) is 3. The molecule has 0 fully saturated rings. The molecule has 0 heterocycles. The van der Waals surface area contributed by atoms with Crippen LogP contribution in [0.1, 0.15) is 12.8 Å². The van der Waals surface area contributed by atoms with Crippen molar-refractivity contribution in [2.75, 3.05) is 0 Å². The molecule has 0 aromatic carbocycles. The maximum absolute atomic E-state index is 10.1. The molecule has 0 rings (SSSR count). The van der Waals surface area contributed by atoms with Gasteiger partial charge >= 0.3 is 17.1 Å². The summed E-state index contributed by atoms with van der Waals surface area (Å²) < 4.78 is 8.77. The Morgan fingerprint density at radius 2 is 1.18 bits per heavy atom. The Kier molecular flexibility index (Phi) is 27.2. The second-order valence-electron chi connectivity index (χ2n) is 2.91. The summed E-state index contributed by atoms with van der Waals surface area (Å²) in [6, 6.07) is 0. The standard InChI is InChI=1S/C6H8O7.Fe.H3N.Na.H3O4P.H2O/c7-3(8)1-6(13,5(11)12)2-4(9)10;;;;1-5(2,3)4;/h13H,1-2H2,(H,7,8)(H,9,10)(H,11,12);;1H3;;(H3,1,2,3,4);1H2/q;+3;;;;/p-3. The van der Waals surface area contributed by atoms with Crippen molar-refractivity contribution in [3.05, 3.63) is 0 Å². The number of carbonyl (C=O) groups excluding carboxylic acids is 3. The van der Waals surface area contributed by atoms with Crippen LogP contribution in [-0.4, -0.2) is 73.4 Å². The Balaban J connectivity index is -0.0000000627. The number of carboxylic acids is 3. The van der Waals surface area contributed by atoms with E-state index in [9.17, 15) is 29.7 Å². The Labute approximate surface area is 156 Å². The minimum Gasteiger partial charge on any atom is -0.756 e. The molecule has 128 valence electrons. The van der Waals surface area contributed by atoms with Crippen molar-refractivity contribution in [1.82, 2.24) is 6.15 Å². The summed E-state index contributed by atoms with van der Waals surface area (Å²) in [7, 11) is -4.89. The van der Waals surface area contributed by atoms with Crippen LogP contribution < -0.4 is 26.4 Å². The Bertz CT molecular complexity index is 362. The average molecular weight is 401 g/mol. The number of aliphatic carboxylic acids is 3. The predicted octanol–water partition coefficient (Wildman–Crippen LogP) is -7.65. The topological polar surface area (TPSA) is 289 Å². The minimum atomic E-state index is -4.89. The van der Waals surface area contributed by atoms with Gasteiger partial charge in [-0.2, -0.15) is 0 Å². The molecule has 0 aromatic rings. The van der Waals surface area contributed by atoms with Crippen LogP contribution in [0.3, 0.4) is 0 Å². The Morgan fingerprint density at radius 3 is 1.27 bits per heavy atom. The number of aliphatic hydroxyl groups is 1. The number of rotatable bonds is 5. The number of hydrogen-bond donors (Lipinski definition) is 4. The first-order valence-electron chi connectivity index (χ1n) is 3.88. The molecular weight excluding hydrogens is 388 g/mol. The molecule has 0 aliphatic rings. The van der Waals surface area contributed by atoms with Crippen LogP contribution in [0.15, 0.2) is 0 Å². The van der Waals surface area contributed by atoms with Gasteiger partial charge in [0, 0.05) is 54.3 Å².